The molecule has 3 N–H and O–H groups in total. The van der Waals surface area contributed by atoms with Crippen molar-refractivity contribution in [2.45, 2.75) is 12.5 Å². The molecule has 1 atom stereocenters. The number of halogens is 2. The highest BCUT2D eigenvalue weighted by Gasteiger charge is 2.12. The van der Waals surface area contributed by atoms with Crippen molar-refractivity contribution in [1.29, 1.82) is 0 Å². The van der Waals surface area contributed by atoms with Gasteiger partial charge in [0.2, 0.25) is 0 Å². The van der Waals surface area contributed by atoms with E-state index in [-0.39, 0.29) is 24.8 Å². The van der Waals surface area contributed by atoms with Gasteiger partial charge in [0.25, 0.3) is 0 Å². The SMILES string of the molecule is Cl.Cl.NC(Cc1ccc2nccnc2c1)C(=O)O. The minimum absolute atomic E-state index is 0. The van der Waals surface area contributed by atoms with Crippen LogP contribution >= 0.6 is 24.8 Å². The zero-order valence-corrected chi connectivity index (χ0v) is 10.9. The Morgan fingerprint density at radius 2 is 1.83 bits per heavy atom. The van der Waals surface area contributed by atoms with E-state index in [1.54, 1.807) is 12.4 Å². The van der Waals surface area contributed by atoms with Crippen molar-refractivity contribution in [1.82, 2.24) is 9.97 Å². The van der Waals surface area contributed by atoms with Crippen LogP contribution in [0.3, 0.4) is 0 Å². The molecule has 0 radical (unpaired) electrons. The third-order valence-electron chi connectivity index (χ3n) is 2.31. The second-order valence-electron chi connectivity index (χ2n) is 3.53. The zero-order valence-electron chi connectivity index (χ0n) is 9.31. The summed E-state index contributed by atoms with van der Waals surface area (Å²) in [5.74, 6) is -1.00. The van der Waals surface area contributed by atoms with Crippen molar-refractivity contribution in [3.05, 3.63) is 36.2 Å². The maximum absolute atomic E-state index is 10.6. The summed E-state index contributed by atoms with van der Waals surface area (Å²) in [4.78, 5) is 18.9. The Labute approximate surface area is 116 Å². The average molecular weight is 290 g/mol. The summed E-state index contributed by atoms with van der Waals surface area (Å²) in [5.41, 5.74) is 7.84. The van der Waals surface area contributed by atoms with Crippen LogP contribution in [0.1, 0.15) is 5.56 Å². The number of carboxylic acids is 1. The van der Waals surface area contributed by atoms with E-state index >= 15 is 0 Å². The summed E-state index contributed by atoms with van der Waals surface area (Å²) >= 11 is 0. The molecule has 0 bridgehead atoms. The molecule has 7 heteroatoms. The van der Waals surface area contributed by atoms with Crippen LogP contribution in [0.5, 0.6) is 0 Å². The molecule has 2 rings (SSSR count). The van der Waals surface area contributed by atoms with Crippen molar-refractivity contribution in [3.63, 3.8) is 0 Å². The van der Waals surface area contributed by atoms with E-state index < -0.39 is 12.0 Å². The van der Waals surface area contributed by atoms with Gasteiger partial charge in [0.05, 0.1) is 11.0 Å². The van der Waals surface area contributed by atoms with Crippen molar-refractivity contribution in [2.24, 2.45) is 5.73 Å². The van der Waals surface area contributed by atoms with Crippen LogP contribution in [-0.2, 0) is 11.2 Å². The van der Waals surface area contributed by atoms with Crippen LogP contribution in [0.4, 0.5) is 0 Å². The first-order valence-corrected chi connectivity index (χ1v) is 4.85. The van der Waals surface area contributed by atoms with Gasteiger partial charge in [-0.15, -0.1) is 24.8 Å². The van der Waals surface area contributed by atoms with Crippen LogP contribution in [0.25, 0.3) is 11.0 Å². The lowest BCUT2D eigenvalue weighted by Gasteiger charge is -2.06. The number of benzene rings is 1. The van der Waals surface area contributed by atoms with Gasteiger partial charge in [-0.2, -0.15) is 0 Å². The fourth-order valence-electron chi connectivity index (χ4n) is 1.48. The highest BCUT2D eigenvalue weighted by atomic mass is 35.5. The quantitative estimate of drug-likeness (QED) is 0.892. The molecule has 0 fully saturated rings. The van der Waals surface area contributed by atoms with E-state index in [0.717, 1.165) is 16.6 Å². The van der Waals surface area contributed by atoms with Crippen LogP contribution in [0, 0.1) is 0 Å². The number of aromatic nitrogens is 2. The number of carboxylic acid groups (broad SMARTS) is 1. The predicted molar refractivity (Wildman–Crippen MR) is 73.3 cm³/mol. The molecule has 1 aromatic heterocycles. The number of carbonyl (C=O) groups is 1. The molecule has 0 aliphatic heterocycles. The summed E-state index contributed by atoms with van der Waals surface area (Å²) in [7, 11) is 0. The normalized spacial score (nSPS) is 11.2. The molecule has 0 saturated heterocycles. The first-order valence-electron chi connectivity index (χ1n) is 4.85. The molecule has 0 saturated carbocycles. The van der Waals surface area contributed by atoms with E-state index in [9.17, 15) is 4.79 Å². The summed E-state index contributed by atoms with van der Waals surface area (Å²) in [6, 6.07) is 4.56. The molecule has 2 aromatic rings. The van der Waals surface area contributed by atoms with Crippen LogP contribution in [0.2, 0.25) is 0 Å². The molecule has 1 heterocycles. The van der Waals surface area contributed by atoms with Crippen molar-refractivity contribution < 1.29 is 9.90 Å². The van der Waals surface area contributed by atoms with E-state index in [4.69, 9.17) is 10.8 Å². The molecule has 5 nitrogen and oxygen atoms in total. The largest absolute Gasteiger partial charge is 0.480 e. The molecule has 0 spiro atoms. The van der Waals surface area contributed by atoms with Gasteiger partial charge in [0.1, 0.15) is 6.04 Å². The number of hydrogen-bond donors (Lipinski definition) is 2. The lowest BCUT2D eigenvalue weighted by molar-refractivity contribution is -0.138. The van der Waals surface area contributed by atoms with Gasteiger partial charge in [0, 0.05) is 12.4 Å². The van der Waals surface area contributed by atoms with Crippen molar-refractivity contribution >= 4 is 41.8 Å². The van der Waals surface area contributed by atoms with Crippen LogP contribution in [-0.4, -0.2) is 27.1 Å². The molecule has 0 amide bonds. The van der Waals surface area contributed by atoms with E-state index in [1.807, 2.05) is 18.2 Å². The lowest BCUT2D eigenvalue weighted by atomic mass is 10.1. The Kier molecular flexibility index (Phi) is 6.54. The van der Waals surface area contributed by atoms with Gasteiger partial charge in [-0.3, -0.25) is 14.8 Å². The molecular weight excluding hydrogens is 277 g/mol. The number of nitrogens with zero attached hydrogens (tertiary/aromatic N) is 2. The smallest absolute Gasteiger partial charge is 0.320 e. The summed E-state index contributed by atoms with van der Waals surface area (Å²) in [6.07, 6.45) is 3.51. The van der Waals surface area contributed by atoms with E-state index in [1.165, 1.54) is 0 Å². The Balaban J connectivity index is 0.00000144. The molecule has 1 unspecified atom stereocenters. The third-order valence-corrected chi connectivity index (χ3v) is 2.31. The summed E-state index contributed by atoms with van der Waals surface area (Å²) in [6.45, 7) is 0. The first kappa shape index (κ1) is 16.6. The lowest BCUT2D eigenvalue weighted by Crippen LogP contribution is -2.32. The van der Waals surface area contributed by atoms with Gasteiger partial charge < -0.3 is 10.8 Å². The second kappa shape index (κ2) is 7.10. The Hall–Kier alpha value is -1.43. The highest BCUT2D eigenvalue weighted by Crippen LogP contribution is 2.12. The minimum Gasteiger partial charge on any atom is -0.480 e. The number of hydrogen-bond acceptors (Lipinski definition) is 4. The molecule has 98 valence electrons. The van der Waals surface area contributed by atoms with Crippen molar-refractivity contribution in [2.75, 3.05) is 0 Å². The van der Waals surface area contributed by atoms with Crippen LogP contribution < -0.4 is 5.73 Å². The average Bonchev–Trinajstić information content (AvgIpc) is 2.28. The van der Waals surface area contributed by atoms with Gasteiger partial charge >= 0.3 is 5.97 Å². The minimum atomic E-state index is -1.00. The third kappa shape index (κ3) is 3.80. The van der Waals surface area contributed by atoms with Gasteiger partial charge in [0.15, 0.2) is 0 Å². The standard InChI is InChI=1S/C11H11N3O2.2ClH/c12-8(11(15)16)5-7-1-2-9-10(6-7)14-4-3-13-9;;/h1-4,6,8H,5,12H2,(H,15,16);2*1H. The molecular formula is C11H13Cl2N3O2. The molecule has 0 aliphatic carbocycles. The summed E-state index contributed by atoms with van der Waals surface area (Å²) < 4.78 is 0. The topological polar surface area (TPSA) is 89.1 Å². The molecule has 1 aromatic carbocycles. The number of fused-ring (bicyclic) bond motifs is 1. The van der Waals surface area contributed by atoms with Crippen LogP contribution in [0.15, 0.2) is 30.6 Å². The number of aliphatic carboxylic acids is 1. The first-order chi connectivity index (χ1) is 7.66. The fourth-order valence-corrected chi connectivity index (χ4v) is 1.48. The number of nitrogens with two attached hydrogens (primary N) is 1. The summed E-state index contributed by atoms with van der Waals surface area (Å²) in [5, 5.41) is 8.70. The van der Waals surface area contributed by atoms with Gasteiger partial charge in [-0.25, -0.2) is 0 Å². The maximum Gasteiger partial charge on any atom is 0.320 e. The van der Waals surface area contributed by atoms with Crippen molar-refractivity contribution in [3.8, 4) is 0 Å². The monoisotopic (exact) mass is 289 g/mol. The fraction of sp³-hybridized carbons (Fsp3) is 0.182. The Morgan fingerprint density at radius 3 is 2.44 bits per heavy atom. The highest BCUT2D eigenvalue weighted by molar-refractivity contribution is 5.85. The molecule has 18 heavy (non-hydrogen) atoms. The number of rotatable bonds is 3. The molecule has 0 aliphatic rings. The maximum atomic E-state index is 10.6. The van der Waals surface area contributed by atoms with E-state index in [0.29, 0.717) is 6.42 Å². The van der Waals surface area contributed by atoms with E-state index in [2.05, 4.69) is 9.97 Å². The Bertz CT molecular complexity index is 536. The Morgan fingerprint density at radius 1 is 1.22 bits per heavy atom. The van der Waals surface area contributed by atoms with Gasteiger partial charge in [-0.1, -0.05) is 6.07 Å². The van der Waals surface area contributed by atoms with Gasteiger partial charge in [-0.05, 0) is 24.1 Å². The predicted octanol–water partition coefficient (Wildman–Crippen LogP) is 1.43. The second-order valence-corrected chi connectivity index (χ2v) is 3.53. The zero-order chi connectivity index (χ0) is 11.5.